The number of anilines is 1. The normalized spacial score (nSPS) is 23.4. The van der Waals surface area contributed by atoms with Gasteiger partial charge in [-0.1, -0.05) is 12.1 Å². The van der Waals surface area contributed by atoms with Gasteiger partial charge in [0.15, 0.2) is 6.61 Å². The summed E-state index contributed by atoms with van der Waals surface area (Å²) in [5.74, 6) is 0.236. The Hall–Kier alpha value is -1.43. The molecule has 0 saturated heterocycles. The van der Waals surface area contributed by atoms with Gasteiger partial charge in [0.2, 0.25) is 0 Å². The second-order valence-corrected chi connectivity index (χ2v) is 5.16. The summed E-state index contributed by atoms with van der Waals surface area (Å²) in [5.41, 5.74) is 6.45. The maximum Gasteiger partial charge on any atom is 0.422 e. The molecule has 0 atom stereocenters. The van der Waals surface area contributed by atoms with Crippen LogP contribution >= 0.6 is 0 Å². The summed E-state index contributed by atoms with van der Waals surface area (Å²) in [6.45, 7) is -1.28. The number of nitrogens with one attached hydrogen (secondary N) is 1. The standard InChI is InChI=1S/C14H19F3N2O/c15-14(16,17)9-20-13-4-2-1-3-12(13)19-11-7-5-10(18)6-8-11/h1-4,10-11,19H,5-9,18H2. The number of alkyl halides is 3. The van der Waals surface area contributed by atoms with Crippen molar-refractivity contribution in [1.29, 1.82) is 0 Å². The van der Waals surface area contributed by atoms with E-state index in [1.54, 1.807) is 24.3 Å². The maximum atomic E-state index is 12.2. The van der Waals surface area contributed by atoms with E-state index in [1.807, 2.05) is 0 Å². The van der Waals surface area contributed by atoms with Crippen LogP contribution in [0.2, 0.25) is 0 Å². The van der Waals surface area contributed by atoms with Gasteiger partial charge in [-0.15, -0.1) is 0 Å². The summed E-state index contributed by atoms with van der Waals surface area (Å²) in [4.78, 5) is 0. The largest absolute Gasteiger partial charge is 0.482 e. The van der Waals surface area contributed by atoms with Gasteiger partial charge < -0.3 is 15.8 Å². The number of nitrogens with two attached hydrogens (primary N) is 1. The molecule has 1 aromatic rings. The lowest BCUT2D eigenvalue weighted by Crippen LogP contribution is -2.33. The Kier molecular flexibility index (Phi) is 4.75. The molecule has 2 rings (SSSR count). The average molecular weight is 288 g/mol. The highest BCUT2D eigenvalue weighted by Gasteiger charge is 2.29. The highest BCUT2D eigenvalue weighted by Crippen LogP contribution is 2.29. The Morgan fingerprint density at radius 1 is 1.15 bits per heavy atom. The van der Waals surface area contributed by atoms with Gasteiger partial charge >= 0.3 is 6.18 Å². The van der Waals surface area contributed by atoms with Gasteiger partial charge in [0, 0.05) is 12.1 Å². The second kappa shape index (κ2) is 6.35. The third-order valence-electron chi connectivity index (χ3n) is 3.41. The monoisotopic (exact) mass is 288 g/mol. The lowest BCUT2D eigenvalue weighted by molar-refractivity contribution is -0.153. The number of halogens is 3. The molecule has 0 spiro atoms. The zero-order valence-electron chi connectivity index (χ0n) is 11.1. The van der Waals surface area contributed by atoms with Crippen LogP contribution in [0.3, 0.4) is 0 Å². The van der Waals surface area contributed by atoms with Crippen molar-refractivity contribution in [2.24, 2.45) is 5.73 Å². The molecule has 1 saturated carbocycles. The summed E-state index contributed by atoms with van der Waals surface area (Å²) in [6, 6.07) is 7.20. The number of benzene rings is 1. The first-order valence-electron chi connectivity index (χ1n) is 6.75. The Labute approximate surface area is 116 Å². The Balaban J connectivity index is 1.97. The van der Waals surface area contributed by atoms with Crippen molar-refractivity contribution in [1.82, 2.24) is 0 Å². The van der Waals surface area contributed by atoms with E-state index in [-0.39, 0.29) is 17.8 Å². The maximum absolute atomic E-state index is 12.2. The molecule has 0 heterocycles. The van der Waals surface area contributed by atoms with E-state index in [1.165, 1.54) is 0 Å². The van der Waals surface area contributed by atoms with Crippen LogP contribution in [0.4, 0.5) is 18.9 Å². The fraction of sp³-hybridized carbons (Fsp3) is 0.571. The molecule has 20 heavy (non-hydrogen) atoms. The summed E-state index contributed by atoms with van der Waals surface area (Å²) >= 11 is 0. The van der Waals surface area contributed by atoms with Gasteiger partial charge in [-0.3, -0.25) is 0 Å². The quantitative estimate of drug-likeness (QED) is 0.893. The molecule has 0 amide bonds. The van der Waals surface area contributed by atoms with Gasteiger partial charge in [-0.05, 0) is 37.8 Å². The highest BCUT2D eigenvalue weighted by atomic mass is 19.4. The average Bonchev–Trinajstić information content (AvgIpc) is 2.39. The molecule has 3 nitrogen and oxygen atoms in total. The minimum Gasteiger partial charge on any atom is -0.482 e. The van der Waals surface area contributed by atoms with Crippen LogP contribution in [0.25, 0.3) is 0 Å². The molecular formula is C14H19F3N2O. The second-order valence-electron chi connectivity index (χ2n) is 5.16. The zero-order valence-corrected chi connectivity index (χ0v) is 11.1. The Bertz CT molecular complexity index is 429. The van der Waals surface area contributed by atoms with Crippen molar-refractivity contribution in [3.8, 4) is 5.75 Å². The summed E-state index contributed by atoms with van der Waals surface area (Å²) in [6.07, 6.45) is -0.610. The van der Waals surface area contributed by atoms with Gasteiger partial charge in [-0.2, -0.15) is 13.2 Å². The van der Waals surface area contributed by atoms with E-state index in [4.69, 9.17) is 10.5 Å². The molecule has 0 unspecified atom stereocenters. The number of hydrogen-bond acceptors (Lipinski definition) is 3. The van der Waals surface area contributed by atoms with Gasteiger partial charge in [0.1, 0.15) is 5.75 Å². The first kappa shape index (κ1) is 15.0. The molecule has 1 aliphatic rings. The van der Waals surface area contributed by atoms with Crippen LogP contribution < -0.4 is 15.8 Å². The van der Waals surface area contributed by atoms with Crippen molar-refractivity contribution in [2.75, 3.05) is 11.9 Å². The van der Waals surface area contributed by atoms with E-state index in [2.05, 4.69) is 5.32 Å². The predicted molar refractivity (Wildman–Crippen MR) is 71.8 cm³/mol. The third-order valence-corrected chi connectivity index (χ3v) is 3.41. The van der Waals surface area contributed by atoms with Crippen molar-refractivity contribution >= 4 is 5.69 Å². The van der Waals surface area contributed by atoms with Crippen molar-refractivity contribution in [3.05, 3.63) is 24.3 Å². The van der Waals surface area contributed by atoms with Crippen molar-refractivity contribution in [3.63, 3.8) is 0 Å². The van der Waals surface area contributed by atoms with Crippen LogP contribution in [0, 0.1) is 0 Å². The first-order chi connectivity index (χ1) is 9.44. The molecule has 0 aromatic heterocycles. The summed E-state index contributed by atoms with van der Waals surface area (Å²) in [7, 11) is 0. The third kappa shape index (κ3) is 4.59. The van der Waals surface area contributed by atoms with Crippen LogP contribution in [-0.2, 0) is 0 Å². The summed E-state index contributed by atoms with van der Waals surface area (Å²) in [5, 5.41) is 3.26. The lowest BCUT2D eigenvalue weighted by Gasteiger charge is -2.28. The minimum absolute atomic E-state index is 0.236. The fourth-order valence-electron chi connectivity index (χ4n) is 2.35. The topological polar surface area (TPSA) is 47.3 Å². The first-order valence-corrected chi connectivity index (χ1v) is 6.75. The molecule has 0 bridgehead atoms. The molecule has 0 radical (unpaired) electrons. The molecule has 6 heteroatoms. The van der Waals surface area contributed by atoms with Gasteiger partial charge in [-0.25, -0.2) is 0 Å². The van der Waals surface area contributed by atoms with Crippen LogP contribution in [0.5, 0.6) is 5.75 Å². The van der Waals surface area contributed by atoms with Gasteiger partial charge in [0.05, 0.1) is 5.69 Å². The lowest BCUT2D eigenvalue weighted by atomic mass is 9.91. The van der Waals surface area contributed by atoms with Crippen LogP contribution in [0.1, 0.15) is 25.7 Å². The van der Waals surface area contributed by atoms with E-state index in [0.717, 1.165) is 25.7 Å². The highest BCUT2D eigenvalue weighted by molar-refractivity contribution is 5.56. The van der Waals surface area contributed by atoms with Gasteiger partial charge in [0.25, 0.3) is 0 Å². The predicted octanol–water partition coefficient (Wildman–Crippen LogP) is 3.31. The molecule has 112 valence electrons. The van der Waals surface area contributed by atoms with Crippen molar-refractivity contribution < 1.29 is 17.9 Å². The number of hydrogen-bond donors (Lipinski definition) is 2. The molecular weight excluding hydrogens is 269 g/mol. The van der Waals surface area contributed by atoms with E-state index < -0.39 is 12.8 Å². The smallest absolute Gasteiger partial charge is 0.422 e. The molecule has 1 aromatic carbocycles. The van der Waals surface area contributed by atoms with E-state index in [0.29, 0.717) is 5.69 Å². The number of para-hydroxylation sites is 2. The Morgan fingerprint density at radius 3 is 2.45 bits per heavy atom. The molecule has 0 aliphatic heterocycles. The minimum atomic E-state index is -4.33. The zero-order chi connectivity index (χ0) is 14.6. The fourth-order valence-corrected chi connectivity index (χ4v) is 2.35. The number of rotatable bonds is 4. The Morgan fingerprint density at radius 2 is 1.80 bits per heavy atom. The SMILES string of the molecule is NC1CCC(Nc2ccccc2OCC(F)(F)F)CC1. The summed E-state index contributed by atoms with van der Waals surface area (Å²) < 4.78 is 41.5. The number of ether oxygens (including phenoxy) is 1. The molecule has 1 fully saturated rings. The van der Waals surface area contributed by atoms with E-state index >= 15 is 0 Å². The van der Waals surface area contributed by atoms with Crippen LogP contribution in [-0.4, -0.2) is 24.9 Å². The molecule has 3 N–H and O–H groups in total. The molecule has 1 aliphatic carbocycles. The van der Waals surface area contributed by atoms with E-state index in [9.17, 15) is 13.2 Å². The van der Waals surface area contributed by atoms with Crippen molar-refractivity contribution in [2.45, 2.75) is 43.9 Å². The van der Waals surface area contributed by atoms with Crippen LogP contribution in [0.15, 0.2) is 24.3 Å².